The molecule has 0 spiro atoms. The second-order valence-corrected chi connectivity index (χ2v) is 7.92. The van der Waals surface area contributed by atoms with E-state index in [2.05, 4.69) is 10.0 Å². The van der Waals surface area contributed by atoms with Gasteiger partial charge < -0.3 is 9.73 Å². The fourth-order valence-corrected chi connectivity index (χ4v) is 3.96. The molecule has 0 atom stereocenters. The SMILES string of the molecule is O=C(Nc1ccccc1[N+](=O)[O-])c1ccc(Cl)c(S(=O)(=O)NCc2ccco2)c1. The van der Waals surface area contributed by atoms with Gasteiger partial charge in [-0.25, -0.2) is 13.1 Å². The molecule has 2 aromatic carbocycles. The van der Waals surface area contributed by atoms with Crippen LogP contribution in [0.1, 0.15) is 16.1 Å². The van der Waals surface area contributed by atoms with Crippen molar-refractivity contribution < 1.29 is 22.6 Å². The van der Waals surface area contributed by atoms with Crippen LogP contribution < -0.4 is 10.0 Å². The Labute approximate surface area is 170 Å². The van der Waals surface area contributed by atoms with Gasteiger partial charge in [0.1, 0.15) is 16.3 Å². The summed E-state index contributed by atoms with van der Waals surface area (Å²) in [5, 5.41) is 13.4. The van der Waals surface area contributed by atoms with Crippen molar-refractivity contribution in [2.45, 2.75) is 11.4 Å². The van der Waals surface area contributed by atoms with E-state index in [1.54, 1.807) is 12.1 Å². The van der Waals surface area contributed by atoms with Crippen molar-refractivity contribution in [1.29, 1.82) is 0 Å². The molecule has 0 saturated carbocycles. The molecular weight excluding hydrogens is 422 g/mol. The van der Waals surface area contributed by atoms with Crippen molar-refractivity contribution in [3.8, 4) is 0 Å². The number of furan rings is 1. The Hall–Kier alpha value is -3.21. The Bertz CT molecular complexity index is 1160. The van der Waals surface area contributed by atoms with Crippen LogP contribution in [0, 0.1) is 10.1 Å². The molecule has 2 N–H and O–H groups in total. The highest BCUT2D eigenvalue weighted by Crippen LogP contribution is 2.26. The number of nitrogens with zero attached hydrogens (tertiary/aromatic N) is 1. The maximum atomic E-state index is 12.6. The number of nitrogens with one attached hydrogen (secondary N) is 2. The average Bonchev–Trinajstić information content (AvgIpc) is 3.20. The van der Waals surface area contributed by atoms with Crippen LogP contribution in [0.15, 0.2) is 70.2 Å². The summed E-state index contributed by atoms with van der Waals surface area (Å²) in [6.07, 6.45) is 1.41. The molecule has 0 radical (unpaired) electrons. The summed E-state index contributed by atoms with van der Waals surface area (Å²) in [4.78, 5) is 22.7. The van der Waals surface area contributed by atoms with Crippen molar-refractivity contribution in [3.63, 3.8) is 0 Å². The number of halogens is 1. The highest BCUT2D eigenvalue weighted by Gasteiger charge is 2.22. The summed E-state index contributed by atoms with van der Waals surface area (Å²) in [5.41, 5.74) is -0.341. The Morgan fingerprint density at radius 1 is 1.14 bits per heavy atom. The number of hydrogen-bond donors (Lipinski definition) is 2. The van der Waals surface area contributed by atoms with E-state index in [4.69, 9.17) is 16.0 Å². The van der Waals surface area contributed by atoms with Crippen LogP contribution >= 0.6 is 11.6 Å². The van der Waals surface area contributed by atoms with E-state index in [9.17, 15) is 23.3 Å². The third-order valence-corrected chi connectivity index (χ3v) is 5.73. The van der Waals surface area contributed by atoms with Crippen molar-refractivity contribution >= 4 is 38.9 Å². The van der Waals surface area contributed by atoms with Gasteiger partial charge in [-0.2, -0.15) is 0 Å². The summed E-state index contributed by atoms with van der Waals surface area (Å²) in [6, 6.07) is 12.5. The van der Waals surface area contributed by atoms with E-state index < -0.39 is 20.9 Å². The second kappa shape index (κ2) is 8.43. The lowest BCUT2D eigenvalue weighted by Crippen LogP contribution is -2.24. The molecule has 0 aliphatic carbocycles. The molecule has 1 aromatic heterocycles. The number of rotatable bonds is 7. The topological polar surface area (TPSA) is 132 Å². The van der Waals surface area contributed by atoms with Crippen LogP contribution in [0.2, 0.25) is 5.02 Å². The van der Waals surface area contributed by atoms with Crippen LogP contribution in [0.3, 0.4) is 0 Å². The van der Waals surface area contributed by atoms with E-state index in [1.165, 1.54) is 42.7 Å². The second-order valence-electron chi connectivity index (χ2n) is 5.78. The van der Waals surface area contributed by atoms with Crippen molar-refractivity contribution in [2.24, 2.45) is 0 Å². The van der Waals surface area contributed by atoms with E-state index in [0.29, 0.717) is 5.76 Å². The van der Waals surface area contributed by atoms with Crippen molar-refractivity contribution in [1.82, 2.24) is 4.72 Å². The molecule has 0 aliphatic rings. The fourth-order valence-electron chi connectivity index (χ4n) is 2.44. The van der Waals surface area contributed by atoms with Crippen molar-refractivity contribution in [3.05, 3.63) is 87.3 Å². The summed E-state index contributed by atoms with van der Waals surface area (Å²) in [6.45, 7) is -0.0989. The van der Waals surface area contributed by atoms with E-state index in [0.717, 1.165) is 6.07 Å². The quantitative estimate of drug-likeness (QED) is 0.430. The first-order valence-electron chi connectivity index (χ1n) is 8.14. The molecule has 9 nitrogen and oxygen atoms in total. The van der Waals surface area contributed by atoms with Crippen molar-refractivity contribution in [2.75, 3.05) is 5.32 Å². The zero-order valence-electron chi connectivity index (χ0n) is 14.7. The number of sulfonamides is 1. The molecule has 3 rings (SSSR count). The predicted octanol–water partition coefficient (Wildman–Crippen LogP) is 3.57. The number of nitro benzene ring substituents is 1. The lowest BCUT2D eigenvalue weighted by atomic mass is 10.2. The Morgan fingerprint density at radius 3 is 2.59 bits per heavy atom. The molecule has 0 fully saturated rings. The third-order valence-electron chi connectivity index (χ3n) is 3.85. The van der Waals surface area contributed by atoms with Gasteiger partial charge in [0.05, 0.1) is 22.8 Å². The molecular formula is C18H14ClN3O6S. The largest absolute Gasteiger partial charge is 0.468 e. The number of carbonyl (C=O) groups excluding carboxylic acids is 1. The lowest BCUT2D eigenvalue weighted by molar-refractivity contribution is -0.383. The minimum absolute atomic E-state index is 0.0159. The highest BCUT2D eigenvalue weighted by molar-refractivity contribution is 7.89. The van der Waals surface area contributed by atoms with Gasteiger partial charge in [-0.3, -0.25) is 14.9 Å². The molecule has 0 saturated heterocycles. The van der Waals surface area contributed by atoms with Crippen LogP contribution in [0.4, 0.5) is 11.4 Å². The minimum atomic E-state index is -4.05. The third kappa shape index (κ3) is 4.80. The summed E-state index contributed by atoms with van der Waals surface area (Å²) in [5.74, 6) is -0.326. The summed E-state index contributed by atoms with van der Waals surface area (Å²) in [7, 11) is -4.05. The standard InChI is InChI=1S/C18H14ClN3O6S/c19-14-8-7-12(18(23)21-15-5-1-2-6-16(15)22(24)25)10-17(14)29(26,27)20-11-13-4-3-9-28-13/h1-10,20H,11H2,(H,21,23). The number of carbonyl (C=O) groups is 1. The molecule has 3 aromatic rings. The van der Waals surface area contributed by atoms with Gasteiger partial charge in [-0.1, -0.05) is 23.7 Å². The maximum Gasteiger partial charge on any atom is 0.292 e. The minimum Gasteiger partial charge on any atom is -0.468 e. The number of hydrogen-bond acceptors (Lipinski definition) is 6. The molecule has 0 aliphatic heterocycles. The van der Waals surface area contributed by atoms with Gasteiger partial charge in [0.15, 0.2) is 0 Å². The van der Waals surface area contributed by atoms with E-state index >= 15 is 0 Å². The summed E-state index contributed by atoms with van der Waals surface area (Å²) >= 11 is 6.01. The molecule has 0 bridgehead atoms. The van der Waals surface area contributed by atoms with Crippen LogP contribution in [-0.4, -0.2) is 19.2 Å². The lowest BCUT2D eigenvalue weighted by Gasteiger charge is -2.10. The van der Waals surface area contributed by atoms with E-state index in [1.807, 2.05) is 0 Å². The first kappa shape index (κ1) is 20.5. The molecule has 29 heavy (non-hydrogen) atoms. The maximum absolute atomic E-state index is 12.6. The van der Waals surface area contributed by atoms with Gasteiger partial charge in [0, 0.05) is 11.6 Å². The number of anilines is 1. The first-order chi connectivity index (χ1) is 13.8. The fraction of sp³-hybridized carbons (Fsp3) is 0.0556. The average molecular weight is 436 g/mol. The number of amides is 1. The zero-order valence-corrected chi connectivity index (χ0v) is 16.2. The summed E-state index contributed by atoms with van der Waals surface area (Å²) < 4.78 is 32.5. The molecule has 11 heteroatoms. The predicted molar refractivity (Wildman–Crippen MR) is 105 cm³/mol. The first-order valence-corrected chi connectivity index (χ1v) is 10.0. The zero-order chi connectivity index (χ0) is 21.0. The van der Waals surface area contributed by atoms with Gasteiger partial charge in [-0.15, -0.1) is 0 Å². The number of benzene rings is 2. The van der Waals surface area contributed by atoms with Gasteiger partial charge in [0.25, 0.3) is 11.6 Å². The van der Waals surface area contributed by atoms with Crippen LogP contribution in [-0.2, 0) is 16.6 Å². The molecule has 1 amide bonds. The monoisotopic (exact) mass is 435 g/mol. The molecule has 0 unspecified atom stereocenters. The molecule has 1 heterocycles. The Morgan fingerprint density at radius 2 is 1.90 bits per heavy atom. The van der Waals surface area contributed by atoms with Gasteiger partial charge >= 0.3 is 0 Å². The smallest absolute Gasteiger partial charge is 0.292 e. The van der Waals surface area contributed by atoms with Crippen LogP contribution in [0.25, 0.3) is 0 Å². The normalized spacial score (nSPS) is 11.2. The Balaban J connectivity index is 1.85. The number of nitro groups is 1. The van der Waals surface area contributed by atoms with Gasteiger partial charge in [-0.05, 0) is 36.4 Å². The van der Waals surface area contributed by atoms with E-state index in [-0.39, 0.29) is 33.4 Å². The highest BCUT2D eigenvalue weighted by atomic mass is 35.5. The van der Waals surface area contributed by atoms with Crippen LogP contribution in [0.5, 0.6) is 0 Å². The van der Waals surface area contributed by atoms with Gasteiger partial charge in [0.2, 0.25) is 10.0 Å². The molecule has 150 valence electrons. The number of para-hydroxylation sites is 2. The Kier molecular flexibility index (Phi) is 5.97.